The van der Waals surface area contributed by atoms with Crippen LogP contribution in [-0.2, 0) is 0 Å². The van der Waals surface area contributed by atoms with Crippen LogP contribution in [0.5, 0.6) is 0 Å². The first-order chi connectivity index (χ1) is 4.84. The number of nitrogens with zero attached hydrogens (tertiary/aromatic N) is 1. The number of likely N-dealkylation sites (N-methyl/N-ethyl adjacent to an activating group) is 1. The van der Waals surface area contributed by atoms with E-state index in [2.05, 4.69) is 17.3 Å². The lowest BCUT2D eigenvalue weighted by atomic mass is 10.2. The number of rotatable bonds is 3. The summed E-state index contributed by atoms with van der Waals surface area (Å²) in [6.45, 7) is 3.27. The van der Waals surface area contributed by atoms with Crippen molar-refractivity contribution in [3.8, 4) is 0 Å². The molecule has 3 nitrogen and oxygen atoms in total. The fourth-order valence-electron chi connectivity index (χ4n) is 1.36. The molecule has 4 heteroatoms. The zero-order chi connectivity index (χ0) is 7.40. The van der Waals surface area contributed by atoms with Crippen molar-refractivity contribution in [2.75, 3.05) is 33.3 Å². The summed E-state index contributed by atoms with van der Waals surface area (Å²) >= 11 is 0. The van der Waals surface area contributed by atoms with E-state index >= 15 is 0 Å². The molecule has 0 spiro atoms. The highest BCUT2D eigenvalue weighted by Crippen LogP contribution is 2.04. The van der Waals surface area contributed by atoms with Crippen molar-refractivity contribution in [1.82, 2.24) is 10.2 Å². The van der Waals surface area contributed by atoms with Crippen molar-refractivity contribution in [2.45, 2.75) is 12.5 Å². The molecule has 1 aliphatic rings. The largest absolute Gasteiger partial charge is 0.395 e. The van der Waals surface area contributed by atoms with Gasteiger partial charge in [0.15, 0.2) is 0 Å². The number of nitrogens with one attached hydrogen (secondary N) is 1. The molecule has 0 aromatic heterocycles. The van der Waals surface area contributed by atoms with Gasteiger partial charge in [-0.2, -0.15) is 0 Å². The molecule has 1 atom stereocenters. The molecule has 1 aliphatic heterocycles. The van der Waals surface area contributed by atoms with Crippen molar-refractivity contribution in [1.29, 1.82) is 0 Å². The van der Waals surface area contributed by atoms with Gasteiger partial charge in [0.1, 0.15) is 0 Å². The third-order valence-electron chi connectivity index (χ3n) is 2.11. The van der Waals surface area contributed by atoms with Crippen LogP contribution in [0.1, 0.15) is 6.42 Å². The number of halogens is 1. The lowest BCUT2D eigenvalue weighted by Gasteiger charge is -2.21. The summed E-state index contributed by atoms with van der Waals surface area (Å²) in [7, 11) is 2.06. The quantitative estimate of drug-likeness (QED) is 0.626. The minimum absolute atomic E-state index is 0. The van der Waals surface area contributed by atoms with Gasteiger partial charge < -0.3 is 10.4 Å². The lowest BCUT2D eigenvalue weighted by Crippen LogP contribution is -2.35. The summed E-state index contributed by atoms with van der Waals surface area (Å²) in [6.07, 6.45) is 1.22. The predicted octanol–water partition coefficient (Wildman–Crippen LogP) is -0.306. The third-order valence-corrected chi connectivity index (χ3v) is 2.11. The fraction of sp³-hybridized carbons (Fsp3) is 1.00. The van der Waals surface area contributed by atoms with E-state index in [9.17, 15) is 0 Å². The first kappa shape index (κ1) is 11.2. The van der Waals surface area contributed by atoms with Crippen molar-refractivity contribution in [3.63, 3.8) is 0 Å². The van der Waals surface area contributed by atoms with Crippen LogP contribution in [-0.4, -0.2) is 49.3 Å². The van der Waals surface area contributed by atoms with E-state index in [-0.39, 0.29) is 19.0 Å². The zero-order valence-corrected chi connectivity index (χ0v) is 7.73. The van der Waals surface area contributed by atoms with Crippen LogP contribution in [0.3, 0.4) is 0 Å². The molecular weight excluding hydrogens is 164 g/mol. The van der Waals surface area contributed by atoms with Crippen molar-refractivity contribution in [2.24, 2.45) is 0 Å². The van der Waals surface area contributed by atoms with Gasteiger partial charge in [-0.1, -0.05) is 0 Å². The topological polar surface area (TPSA) is 35.5 Å². The number of hydrogen-bond donors (Lipinski definition) is 2. The Hall–Kier alpha value is 0.170. The monoisotopic (exact) mass is 180 g/mol. The second-order valence-electron chi connectivity index (χ2n) is 2.85. The normalized spacial score (nSPS) is 23.7. The van der Waals surface area contributed by atoms with Gasteiger partial charge in [0.2, 0.25) is 0 Å². The van der Waals surface area contributed by atoms with Crippen LogP contribution >= 0.6 is 12.4 Å². The van der Waals surface area contributed by atoms with Crippen LogP contribution in [0.15, 0.2) is 0 Å². The molecule has 1 rings (SSSR count). The molecule has 0 unspecified atom stereocenters. The highest BCUT2D eigenvalue weighted by molar-refractivity contribution is 5.85. The molecule has 0 aliphatic carbocycles. The van der Waals surface area contributed by atoms with Gasteiger partial charge in [-0.15, -0.1) is 12.4 Å². The average Bonchev–Trinajstić information content (AvgIpc) is 2.38. The highest BCUT2D eigenvalue weighted by Gasteiger charge is 2.17. The van der Waals surface area contributed by atoms with Crippen molar-refractivity contribution < 1.29 is 5.11 Å². The lowest BCUT2D eigenvalue weighted by molar-refractivity contribution is 0.187. The standard InChI is InChI=1S/C7H16N2O.ClH/c1-9(4-5-10)7-2-3-8-6-7;/h7-8,10H,2-6H2,1H3;1H/t7-;/m1./s1. The molecular formula is C7H17ClN2O. The fourth-order valence-corrected chi connectivity index (χ4v) is 1.36. The van der Waals surface area contributed by atoms with Gasteiger partial charge >= 0.3 is 0 Å². The molecule has 0 saturated carbocycles. The first-order valence-electron chi connectivity index (χ1n) is 3.86. The molecule has 1 heterocycles. The minimum Gasteiger partial charge on any atom is -0.395 e. The Balaban J connectivity index is 0.000001000. The van der Waals surface area contributed by atoms with E-state index in [1.54, 1.807) is 0 Å². The minimum atomic E-state index is 0. The van der Waals surface area contributed by atoms with Crippen LogP contribution < -0.4 is 5.32 Å². The summed E-state index contributed by atoms with van der Waals surface area (Å²) in [5, 5.41) is 11.9. The third kappa shape index (κ3) is 3.38. The molecule has 0 aromatic carbocycles. The highest BCUT2D eigenvalue weighted by atomic mass is 35.5. The van der Waals surface area contributed by atoms with Crippen LogP contribution in [0.2, 0.25) is 0 Å². The summed E-state index contributed by atoms with van der Waals surface area (Å²) in [5.74, 6) is 0. The second-order valence-corrected chi connectivity index (χ2v) is 2.85. The SMILES string of the molecule is CN(CCO)[C@@H]1CCNC1.Cl. The molecule has 68 valence electrons. The summed E-state index contributed by atoms with van der Waals surface area (Å²) in [5.41, 5.74) is 0. The Morgan fingerprint density at radius 3 is 2.82 bits per heavy atom. The van der Waals surface area contributed by atoms with Gasteiger partial charge in [-0.25, -0.2) is 0 Å². The Morgan fingerprint density at radius 2 is 2.36 bits per heavy atom. The van der Waals surface area contributed by atoms with E-state index < -0.39 is 0 Å². The predicted molar refractivity (Wildman–Crippen MR) is 48.2 cm³/mol. The van der Waals surface area contributed by atoms with Crippen molar-refractivity contribution >= 4 is 12.4 Å². The van der Waals surface area contributed by atoms with Gasteiger partial charge in [0.25, 0.3) is 0 Å². The maximum atomic E-state index is 8.63. The van der Waals surface area contributed by atoms with Crippen molar-refractivity contribution in [3.05, 3.63) is 0 Å². The molecule has 1 fully saturated rings. The smallest absolute Gasteiger partial charge is 0.0558 e. The first-order valence-corrected chi connectivity index (χ1v) is 3.86. The Bertz CT molecular complexity index is 96.4. The Labute approximate surface area is 74.2 Å². The van der Waals surface area contributed by atoms with Crippen LogP contribution in [0.4, 0.5) is 0 Å². The van der Waals surface area contributed by atoms with E-state index in [0.717, 1.165) is 19.6 Å². The Kier molecular flexibility index (Phi) is 5.86. The maximum Gasteiger partial charge on any atom is 0.0558 e. The second kappa shape index (κ2) is 5.77. The number of aliphatic hydroxyl groups excluding tert-OH is 1. The molecule has 1 saturated heterocycles. The van der Waals surface area contributed by atoms with E-state index in [1.165, 1.54) is 6.42 Å². The van der Waals surface area contributed by atoms with E-state index in [1.807, 2.05) is 0 Å². The molecule has 11 heavy (non-hydrogen) atoms. The molecule has 0 radical (unpaired) electrons. The summed E-state index contributed by atoms with van der Waals surface area (Å²) in [4.78, 5) is 2.21. The molecule has 0 bridgehead atoms. The maximum absolute atomic E-state index is 8.63. The van der Waals surface area contributed by atoms with E-state index in [4.69, 9.17) is 5.11 Å². The van der Waals surface area contributed by atoms with Gasteiger partial charge in [0.05, 0.1) is 6.61 Å². The van der Waals surface area contributed by atoms with Gasteiger partial charge in [-0.05, 0) is 20.0 Å². The van der Waals surface area contributed by atoms with Crippen LogP contribution in [0, 0.1) is 0 Å². The number of hydrogen-bond acceptors (Lipinski definition) is 3. The summed E-state index contributed by atoms with van der Waals surface area (Å²) < 4.78 is 0. The van der Waals surface area contributed by atoms with Gasteiger partial charge in [0, 0.05) is 19.1 Å². The molecule has 0 amide bonds. The molecule has 2 N–H and O–H groups in total. The summed E-state index contributed by atoms with van der Waals surface area (Å²) in [6, 6.07) is 0.646. The Morgan fingerprint density at radius 1 is 1.64 bits per heavy atom. The average molecular weight is 181 g/mol. The van der Waals surface area contributed by atoms with E-state index in [0.29, 0.717) is 6.04 Å². The zero-order valence-electron chi connectivity index (χ0n) is 6.92. The van der Waals surface area contributed by atoms with Gasteiger partial charge in [-0.3, -0.25) is 4.90 Å². The molecule has 0 aromatic rings. The van der Waals surface area contributed by atoms with Crippen LogP contribution in [0.25, 0.3) is 0 Å². The number of aliphatic hydroxyl groups is 1.